The van der Waals surface area contributed by atoms with Gasteiger partial charge in [0.05, 0.1) is 16.1 Å². The zero-order valence-corrected chi connectivity index (χ0v) is 16.2. The van der Waals surface area contributed by atoms with Gasteiger partial charge in [0.15, 0.2) is 0 Å². The van der Waals surface area contributed by atoms with Gasteiger partial charge < -0.3 is 21.7 Å². The minimum Gasteiger partial charge on any atom is -0.351 e. The first-order valence-corrected chi connectivity index (χ1v) is 9.71. The number of nitrogens with one attached hydrogen (secondary N) is 3. The highest BCUT2D eigenvalue weighted by molar-refractivity contribution is 7.15. The summed E-state index contributed by atoms with van der Waals surface area (Å²) in [6.45, 7) is 1.61. The van der Waals surface area contributed by atoms with E-state index in [1.807, 2.05) is 0 Å². The first-order valence-electron chi connectivity index (χ1n) is 8.90. The molecule has 1 saturated heterocycles. The summed E-state index contributed by atoms with van der Waals surface area (Å²) >= 11 is 1.11. The lowest BCUT2D eigenvalue weighted by Crippen LogP contribution is -2.45. The van der Waals surface area contributed by atoms with Gasteiger partial charge in [-0.25, -0.2) is 9.18 Å². The lowest BCUT2D eigenvalue weighted by molar-refractivity contribution is 0.0935. The molecule has 1 fully saturated rings. The van der Waals surface area contributed by atoms with Gasteiger partial charge in [0.25, 0.3) is 5.91 Å². The van der Waals surface area contributed by atoms with Gasteiger partial charge in [-0.3, -0.25) is 4.79 Å². The summed E-state index contributed by atoms with van der Waals surface area (Å²) in [6.07, 6.45) is 1.85. The lowest BCUT2D eigenvalue weighted by Gasteiger charge is -2.23. The predicted molar refractivity (Wildman–Crippen MR) is 108 cm³/mol. The van der Waals surface area contributed by atoms with E-state index in [4.69, 9.17) is 11.0 Å². The molecular weight excluding hydrogens is 393 g/mol. The van der Waals surface area contributed by atoms with Crippen molar-refractivity contribution in [2.75, 3.05) is 18.4 Å². The Morgan fingerprint density at radius 1 is 1.31 bits per heavy atom. The van der Waals surface area contributed by atoms with Crippen molar-refractivity contribution < 1.29 is 14.0 Å². The number of nitriles is 1. The summed E-state index contributed by atoms with van der Waals surface area (Å²) in [5.74, 6) is 4.68. The van der Waals surface area contributed by atoms with E-state index < -0.39 is 11.8 Å². The van der Waals surface area contributed by atoms with Crippen LogP contribution in [0.25, 0.3) is 0 Å². The summed E-state index contributed by atoms with van der Waals surface area (Å²) in [7, 11) is 0. The molecule has 3 rings (SSSR count). The fourth-order valence-corrected chi connectivity index (χ4v) is 3.76. The van der Waals surface area contributed by atoms with E-state index in [0.717, 1.165) is 30.7 Å². The van der Waals surface area contributed by atoms with Crippen LogP contribution in [0.1, 0.15) is 38.5 Å². The van der Waals surface area contributed by atoms with Crippen molar-refractivity contribution in [3.63, 3.8) is 0 Å². The second-order valence-electron chi connectivity index (χ2n) is 6.42. The minimum atomic E-state index is -0.787. The fraction of sp³-hybridized carbons (Fsp3) is 0.250. The van der Waals surface area contributed by atoms with Crippen molar-refractivity contribution in [3.8, 4) is 17.9 Å². The quantitative estimate of drug-likeness (QED) is 0.578. The van der Waals surface area contributed by atoms with Gasteiger partial charge in [-0.05, 0) is 43.7 Å². The van der Waals surface area contributed by atoms with Crippen LogP contribution in [-0.4, -0.2) is 31.1 Å². The second-order valence-corrected chi connectivity index (χ2v) is 7.47. The first-order chi connectivity index (χ1) is 14.0. The summed E-state index contributed by atoms with van der Waals surface area (Å²) in [6, 6.07) is 6.58. The van der Waals surface area contributed by atoms with Crippen LogP contribution in [-0.2, 0) is 0 Å². The van der Waals surface area contributed by atoms with Crippen LogP contribution >= 0.6 is 11.3 Å². The number of carbonyl (C=O) groups excluding carboxylic acids is 2. The number of anilines is 1. The molecule has 0 spiro atoms. The molecular formula is C20H18FN5O2S. The van der Waals surface area contributed by atoms with E-state index in [2.05, 4.69) is 27.8 Å². The Labute approximate surface area is 171 Å². The maximum absolute atomic E-state index is 13.7. The topological polar surface area (TPSA) is 120 Å². The normalized spacial score (nSPS) is 15.5. The number of benzene rings is 1. The number of nitrogens with two attached hydrogens (primary N) is 1. The number of carbonyl (C=O) groups is 2. The van der Waals surface area contributed by atoms with E-state index in [1.165, 1.54) is 18.2 Å². The summed E-state index contributed by atoms with van der Waals surface area (Å²) in [4.78, 5) is 24.8. The Morgan fingerprint density at radius 3 is 2.79 bits per heavy atom. The van der Waals surface area contributed by atoms with Crippen molar-refractivity contribution in [3.05, 3.63) is 51.0 Å². The van der Waals surface area contributed by atoms with Gasteiger partial charge >= 0.3 is 6.03 Å². The van der Waals surface area contributed by atoms with Gasteiger partial charge in [-0.2, -0.15) is 5.26 Å². The van der Waals surface area contributed by atoms with Crippen LogP contribution in [0.4, 0.5) is 14.9 Å². The Bertz CT molecular complexity index is 1040. The minimum absolute atomic E-state index is 0.0101. The summed E-state index contributed by atoms with van der Waals surface area (Å²) < 4.78 is 13.7. The maximum atomic E-state index is 13.7. The molecule has 1 aromatic carbocycles. The van der Waals surface area contributed by atoms with E-state index >= 15 is 0 Å². The molecule has 9 heteroatoms. The zero-order chi connectivity index (χ0) is 20.8. The Kier molecular flexibility index (Phi) is 6.45. The van der Waals surface area contributed by atoms with Crippen LogP contribution < -0.4 is 21.7 Å². The predicted octanol–water partition coefficient (Wildman–Crippen LogP) is 2.13. The molecule has 1 atom stereocenters. The number of primary amides is 1. The van der Waals surface area contributed by atoms with Gasteiger partial charge in [0.1, 0.15) is 16.8 Å². The van der Waals surface area contributed by atoms with Crippen LogP contribution in [0, 0.1) is 29.0 Å². The molecule has 0 saturated carbocycles. The number of urea groups is 1. The maximum Gasteiger partial charge on any atom is 0.316 e. The number of hydrogen-bond acceptors (Lipinski definition) is 5. The van der Waals surface area contributed by atoms with Crippen molar-refractivity contribution in [1.82, 2.24) is 10.6 Å². The van der Waals surface area contributed by atoms with Crippen molar-refractivity contribution in [1.29, 1.82) is 5.26 Å². The number of piperidine rings is 1. The Hall–Kier alpha value is -3.40. The Balaban J connectivity index is 1.83. The largest absolute Gasteiger partial charge is 0.351 e. The number of nitrogens with zero attached hydrogens (tertiary/aromatic N) is 1. The molecule has 29 heavy (non-hydrogen) atoms. The average Bonchev–Trinajstić information content (AvgIpc) is 3.09. The SMILES string of the molecule is N#Cc1ccc(C#Cc2cc(NC(N)=O)c(C(=O)NC3CCCNC3)s2)cc1F. The molecule has 148 valence electrons. The third-order valence-electron chi connectivity index (χ3n) is 4.25. The van der Waals surface area contributed by atoms with Gasteiger partial charge in [0.2, 0.25) is 0 Å². The molecule has 2 aromatic rings. The molecule has 1 unspecified atom stereocenters. The zero-order valence-electron chi connectivity index (χ0n) is 15.3. The second kappa shape index (κ2) is 9.20. The number of amides is 3. The lowest BCUT2D eigenvalue weighted by atomic mass is 10.1. The molecule has 0 radical (unpaired) electrons. The molecule has 1 aromatic heterocycles. The highest BCUT2D eigenvalue weighted by Gasteiger charge is 2.21. The number of hydrogen-bond donors (Lipinski definition) is 4. The van der Waals surface area contributed by atoms with Gasteiger partial charge in [-0.15, -0.1) is 11.3 Å². The third-order valence-corrected chi connectivity index (χ3v) is 5.30. The third kappa shape index (κ3) is 5.32. The molecule has 1 aliphatic heterocycles. The van der Waals surface area contributed by atoms with E-state index in [9.17, 15) is 14.0 Å². The van der Waals surface area contributed by atoms with Crippen LogP contribution in [0.15, 0.2) is 24.3 Å². The fourth-order valence-electron chi connectivity index (χ4n) is 2.89. The Morgan fingerprint density at radius 2 is 2.14 bits per heavy atom. The molecule has 1 aliphatic rings. The van der Waals surface area contributed by atoms with Crippen molar-refractivity contribution in [2.24, 2.45) is 5.73 Å². The molecule has 5 N–H and O–H groups in total. The standard InChI is InChI=1S/C20H18FN5O2S/c21-16-8-12(3-5-13(16)10-22)4-6-15-9-17(26-20(23)28)18(29-15)19(27)25-14-2-1-7-24-11-14/h3,5,8-9,14,24H,1-2,7,11H2,(H,25,27)(H3,23,26,28). The van der Waals surface area contributed by atoms with Crippen molar-refractivity contribution >= 4 is 29.0 Å². The molecule has 3 amide bonds. The molecule has 7 nitrogen and oxygen atoms in total. The monoisotopic (exact) mass is 411 g/mol. The summed E-state index contributed by atoms with van der Waals surface area (Å²) in [5, 5.41) is 17.4. The number of thiophene rings is 1. The van der Waals surface area contributed by atoms with E-state index in [1.54, 1.807) is 12.1 Å². The smallest absolute Gasteiger partial charge is 0.316 e. The van der Waals surface area contributed by atoms with E-state index in [-0.39, 0.29) is 23.2 Å². The molecule has 0 bridgehead atoms. The first kappa shape index (κ1) is 20.3. The summed E-state index contributed by atoms with van der Waals surface area (Å²) in [5.41, 5.74) is 5.81. The number of halogens is 1. The van der Waals surface area contributed by atoms with E-state index in [0.29, 0.717) is 21.9 Å². The highest BCUT2D eigenvalue weighted by atomic mass is 32.1. The number of rotatable bonds is 3. The van der Waals surface area contributed by atoms with Crippen LogP contribution in [0.5, 0.6) is 0 Å². The van der Waals surface area contributed by atoms with Gasteiger partial charge in [0, 0.05) is 18.2 Å². The van der Waals surface area contributed by atoms with Gasteiger partial charge in [-0.1, -0.05) is 11.8 Å². The van der Waals surface area contributed by atoms with Crippen LogP contribution in [0.3, 0.4) is 0 Å². The molecule has 2 heterocycles. The van der Waals surface area contributed by atoms with Crippen LogP contribution in [0.2, 0.25) is 0 Å². The molecule has 0 aliphatic carbocycles. The van der Waals surface area contributed by atoms with Crippen molar-refractivity contribution in [2.45, 2.75) is 18.9 Å². The highest BCUT2D eigenvalue weighted by Crippen LogP contribution is 2.27. The average molecular weight is 411 g/mol.